The zero-order chi connectivity index (χ0) is 37.2. The molecule has 4 atom stereocenters. The zero-order valence-corrected chi connectivity index (χ0v) is 30.8. The van der Waals surface area contributed by atoms with Crippen LogP contribution >= 0.6 is 30.8 Å². The molecule has 1 fully saturated rings. The van der Waals surface area contributed by atoms with E-state index in [-0.39, 0.29) is 48.3 Å². The van der Waals surface area contributed by atoms with Crippen molar-refractivity contribution >= 4 is 58.6 Å². The molecule has 6 rings (SSSR count). The Hall–Kier alpha value is -3.61. The third-order valence-corrected chi connectivity index (χ3v) is 10.9. The van der Waals surface area contributed by atoms with E-state index in [1.807, 2.05) is 31.2 Å². The summed E-state index contributed by atoms with van der Waals surface area (Å²) < 4.78 is 55.7. The Morgan fingerprint density at radius 1 is 1.15 bits per heavy atom. The van der Waals surface area contributed by atoms with Gasteiger partial charge in [0.05, 0.1) is 35.8 Å². The molecule has 1 aliphatic carbocycles. The predicted molar refractivity (Wildman–Crippen MR) is 189 cm³/mol. The number of fused-ring (bicyclic) bond motifs is 1. The van der Waals surface area contributed by atoms with Crippen molar-refractivity contribution in [1.29, 1.82) is 0 Å². The summed E-state index contributed by atoms with van der Waals surface area (Å²) in [4.78, 5) is 55.0. The molecule has 1 aliphatic heterocycles. The number of aromatic nitrogens is 2. The van der Waals surface area contributed by atoms with E-state index in [0.29, 0.717) is 22.1 Å². The van der Waals surface area contributed by atoms with Crippen LogP contribution in [0.3, 0.4) is 0 Å². The van der Waals surface area contributed by atoms with Crippen LogP contribution in [0.15, 0.2) is 61.1 Å². The largest absolute Gasteiger partial charge is 0.469 e. The lowest BCUT2D eigenvalue weighted by Crippen LogP contribution is -2.28. The van der Waals surface area contributed by atoms with Crippen molar-refractivity contribution < 1.29 is 50.5 Å². The minimum absolute atomic E-state index is 0.0776. The average Bonchev–Trinajstić information content (AvgIpc) is 3.67. The van der Waals surface area contributed by atoms with E-state index in [4.69, 9.17) is 40.2 Å². The third kappa shape index (κ3) is 9.48. The van der Waals surface area contributed by atoms with Crippen LogP contribution < -0.4 is 10.5 Å². The smallest absolute Gasteiger partial charge is 0.458 e. The number of phosphoric ester groups is 1. The number of nitrogens with zero attached hydrogens (tertiary/aromatic N) is 2. The number of carbonyl (C=O) groups excluding carboxylic acids is 2. The molecule has 5 N–H and O–H groups in total. The second-order valence-corrected chi connectivity index (χ2v) is 16.5. The third-order valence-electron chi connectivity index (χ3n) is 8.70. The molecule has 0 radical (unpaired) electrons. The molecule has 19 heteroatoms. The number of ether oxygens (including phenoxy) is 2. The van der Waals surface area contributed by atoms with E-state index in [9.17, 15) is 22.6 Å². The summed E-state index contributed by atoms with van der Waals surface area (Å²) >= 11 is 7.64. The molecular weight excluding hydrogens is 759 g/mol. The highest BCUT2D eigenvalue weighted by Gasteiger charge is 2.39. The number of hydrogen-bond acceptors (Lipinski definition) is 13. The topological polar surface area (TPSA) is 227 Å². The molecule has 276 valence electrons. The lowest BCUT2D eigenvalue weighted by atomic mass is 9.93. The van der Waals surface area contributed by atoms with Crippen molar-refractivity contribution in [2.75, 3.05) is 18.5 Å². The van der Waals surface area contributed by atoms with Gasteiger partial charge in [-0.1, -0.05) is 29.8 Å². The summed E-state index contributed by atoms with van der Waals surface area (Å²) in [6.45, 7) is 1.63. The first-order valence-electron chi connectivity index (χ1n) is 15.9. The fraction of sp³-hybridized carbons (Fsp3) is 0.333. The first kappa shape index (κ1) is 38.1. The molecular formula is C33H34ClN4O11PS2. The van der Waals surface area contributed by atoms with E-state index < -0.39 is 48.8 Å². The van der Waals surface area contributed by atoms with Gasteiger partial charge in [0.1, 0.15) is 24.4 Å². The van der Waals surface area contributed by atoms with Crippen molar-refractivity contribution in [2.24, 2.45) is 11.1 Å². The van der Waals surface area contributed by atoms with E-state index >= 15 is 0 Å². The van der Waals surface area contributed by atoms with Crippen LogP contribution in [0.4, 0.5) is 5.82 Å². The summed E-state index contributed by atoms with van der Waals surface area (Å²) in [5.74, 6) is -1.48. The molecule has 52 heavy (non-hydrogen) atoms. The summed E-state index contributed by atoms with van der Waals surface area (Å²) in [7, 11) is -9.05. The normalized spacial score (nSPS) is 20.3. The molecule has 0 unspecified atom stereocenters. The van der Waals surface area contributed by atoms with Crippen molar-refractivity contribution in [2.45, 2.75) is 51.0 Å². The number of hydrogen-bond donors (Lipinski definition) is 4. The van der Waals surface area contributed by atoms with E-state index in [2.05, 4.69) is 19.8 Å². The molecule has 0 bridgehead atoms. The van der Waals surface area contributed by atoms with Gasteiger partial charge in [0.15, 0.2) is 0 Å². The number of thiophene rings is 1. The van der Waals surface area contributed by atoms with Crippen LogP contribution in [0.2, 0.25) is 5.02 Å². The molecule has 2 aromatic heterocycles. The number of nitrogens with one attached hydrogen (secondary N) is 1. The molecule has 0 spiro atoms. The molecule has 15 nitrogen and oxygen atoms in total. The first-order chi connectivity index (χ1) is 24.6. The van der Waals surface area contributed by atoms with Gasteiger partial charge in [-0.15, -0.1) is 11.3 Å². The molecule has 0 amide bonds. The predicted octanol–water partition coefficient (Wildman–Crippen LogP) is 4.64. The van der Waals surface area contributed by atoms with Gasteiger partial charge < -0.3 is 24.6 Å². The van der Waals surface area contributed by atoms with Crippen molar-refractivity contribution in [3.05, 3.63) is 109 Å². The second kappa shape index (κ2) is 15.8. The van der Waals surface area contributed by atoms with Gasteiger partial charge in [-0.2, -0.15) is 8.42 Å². The molecule has 4 aromatic rings. The number of phosphoric acid groups is 1. The van der Waals surface area contributed by atoms with Crippen LogP contribution in [0.1, 0.15) is 71.7 Å². The highest BCUT2D eigenvalue weighted by Crippen LogP contribution is 2.40. The van der Waals surface area contributed by atoms with Gasteiger partial charge in [0.25, 0.3) is 0 Å². The standard InChI is InChI=1S/C33H34ClN4O11PS2/c1-18-25(31-26-11-23(34)6-5-20(26)7-8-46-31)13-29(51-18)30(39)27-14-36-17-37-32(27)38-24-10-22(16-48-52(35,44)45)28(12-24)49-33(40)21-4-2-3-19(9-21)15-47-50(41,42)43/h2-6,9,11,13-14,17,22,24,28,31H,7-8,10,12,15-16H2,1H3,(H2,35,44,45)(H,36,37,38)(H2,41,42,43)/t22-,24-,28+,31+/m1/s1. The minimum Gasteiger partial charge on any atom is -0.458 e. The van der Waals surface area contributed by atoms with Crippen LogP contribution in [0, 0.1) is 12.8 Å². The van der Waals surface area contributed by atoms with Gasteiger partial charge in [-0.3, -0.25) is 13.5 Å². The molecule has 2 aromatic carbocycles. The van der Waals surface area contributed by atoms with Crippen LogP contribution in [0.25, 0.3) is 0 Å². The number of halogens is 1. The summed E-state index contributed by atoms with van der Waals surface area (Å²) in [6.07, 6.45) is 2.67. The Labute approximate surface area is 307 Å². The monoisotopic (exact) mass is 792 g/mol. The maximum absolute atomic E-state index is 14.0. The summed E-state index contributed by atoms with van der Waals surface area (Å²) in [5.41, 5.74) is 3.55. The fourth-order valence-electron chi connectivity index (χ4n) is 6.33. The Balaban J connectivity index is 1.19. The highest BCUT2D eigenvalue weighted by atomic mass is 35.5. The van der Waals surface area contributed by atoms with Gasteiger partial charge in [0.2, 0.25) is 5.78 Å². The van der Waals surface area contributed by atoms with Crippen molar-refractivity contribution in [3.63, 3.8) is 0 Å². The molecule has 3 heterocycles. The number of rotatable bonds is 13. The quantitative estimate of drug-likeness (QED) is 0.0822. The summed E-state index contributed by atoms with van der Waals surface area (Å²) in [6, 6.07) is 12.9. The average molecular weight is 793 g/mol. The Bertz CT molecular complexity index is 2150. The van der Waals surface area contributed by atoms with Crippen molar-refractivity contribution in [1.82, 2.24) is 9.97 Å². The molecule has 1 saturated carbocycles. The van der Waals surface area contributed by atoms with Gasteiger partial charge in [-0.05, 0) is 72.4 Å². The van der Waals surface area contributed by atoms with E-state index in [1.165, 1.54) is 48.1 Å². The number of carbonyl (C=O) groups is 2. The van der Waals surface area contributed by atoms with Crippen molar-refractivity contribution in [3.8, 4) is 0 Å². The number of anilines is 1. The van der Waals surface area contributed by atoms with Crippen LogP contribution in [0.5, 0.6) is 0 Å². The van der Waals surface area contributed by atoms with Gasteiger partial charge in [-0.25, -0.2) is 24.5 Å². The number of ketones is 1. The SMILES string of the molecule is Cc1sc(C(=O)c2cncnc2N[C@@H]2C[C@H](COS(N)(=O)=O)[C@@H](OC(=O)c3cccc(COP(=O)(O)O)c3)C2)cc1[C@@H]1OCCc2ccc(Cl)cc21. The van der Waals surface area contributed by atoms with E-state index in [1.54, 1.807) is 0 Å². The zero-order valence-electron chi connectivity index (χ0n) is 27.5. The van der Waals surface area contributed by atoms with Crippen LogP contribution in [-0.2, 0) is 46.1 Å². The Kier molecular flexibility index (Phi) is 11.6. The second-order valence-electron chi connectivity index (χ2n) is 12.3. The first-order valence-corrected chi connectivity index (χ1v) is 20.1. The Morgan fingerprint density at radius 3 is 2.73 bits per heavy atom. The Morgan fingerprint density at radius 2 is 1.96 bits per heavy atom. The number of aryl methyl sites for hydroxylation is 1. The number of benzene rings is 2. The highest BCUT2D eigenvalue weighted by molar-refractivity contribution is 7.84. The summed E-state index contributed by atoms with van der Waals surface area (Å²) in [5, 5.41) is 8.92. The molecule has 2 aliphatic rings. The minimum atomic E-state index is -4.74. The maximum Gasteiger partial charge on any atom is 0.469 e. The lowest BCUT2D eigenvalue weighted by Gasteiger charge is -2.26. The van der Waals surface area contributed by atoms with Gasteiger partial charge in [0, 0.05) is 34.5 Å². The van der Waals surface area contributed by atoms with E-state index in [0.717, 1.165) is 28.0 Å². The number of nitrogens with two attached hydrogens (primary N) is 1. The van der Waals surface area contributed by atoms with Crippen LogP contribution in [-0.4, -0.2) is 65.3 Å². The lowest BCUT2D eigenvalue weighted by molar-refractivity contribution is 0.0151. The number of esters is 1. The maximum atomic E-state index is 14.0. The fourth-order valence-corrected chi connectivity index (χ4v) is 8.20. The van der Waals surface area contributed by atoms with Gasteiger partial charge >= 0.3 is 24.1 Å². The molecule has 0 saturated heterocycles.